The second-order valence-corrected chi connectivity index (χ2v) is 20.5. The molecule has 0 saturated heterocycles. The third-order valence-corrected chi connectivity index (χ3v) is 15.8. The van der Waals surface area contributed by atoms with E-state index in [-0.39, 0.29) is 42.6 Å². The van der Waals surface area contributed by atoms with Crippen molar-refractivity contribution in [1.29, 1.82) is 0 Å². The van der Waals surface area contributed by atoms with Gasteiger partial charge in [0.2, 0.25) is 0 Å². The van der Waals surface area contributed by atoms with E-state index in [0.717, 1.165) is 126 Å². The van der Waals surface area contributed by atoms with Gasteiger partial charge in [-0.2, -0.15) is 0 Å². The molecule has 0 spiro atoms. The summed E-state index contributed by atoms with van der Waals surface area (Å²) >= 11 is 0. The molecule has 6 heteroatoms. The Morgan fingerprint density at radius 1 is 0.387 bits per heavy atom. The van der Waals surface area contributed by atoms with Gasteiger partial charge in [0.1, 0.15) is 0 Å². The Morgan fingerprint density at radius 2 is 0.893 bits per heavy atom. The van der Waals surface area contributed by atoms with Gasteiger partial charge < -0.3 is 15.0 Å². The van der Waals surface area contributed by atoms with Crippen LogP contribution in [0.1, 0.15) is 73.6 Å². The summed E-state index contributed by atoms with van der Waals surface area (Å²) in [5, 5.41) is 0. The number of aromatic nitrogens is 3. The first-order valence-corrected chi connectivity index (χ1v) is 26.0. The van der Waals surface area contributed by atoms with Crippen molar-refractivity contribution in [2.45, 2.75) is 75.0 Å². The van der Waals surface area contributed by atoms with Gasteiger partial charge >= 0.3 is 20.1 Å². The van der Waals surface area contributed by atoms with E-state index in [1.165, 1.54) is 63.2 Å². The van der Waals surface area contributed by atoms with E-state index in [9.17, 15) is 8.78 Å². The number of nitrogens with zero attached hydrogens (tertiary/aromatic N) is 3. The zero-order valence-corrected chi connectivity index (χ0v) is 44.0. The molecule has 0 N–H and O–H groups in total. The molecular weight excluding hydrogens is 1100 g/mol. The Bertz CT molecular complexity index is 3400. The molecule has 0 atom stereocenters. The van der Waals surface area contributed by atoms with Gasteiger partial charge in [0.15, 0.2) is 0 Å². The standard InChI is InChI=1S/C69H54F2N3.Ir/c70-59-29-23-54(24-30-59)65-33-27-57(45-72-65)68(35-9-10-36-68)43-48-39-49(44-69(37-11-12-38-69)58-28-34-66(73-46-58)55-25-31-60(71)32-26-55)41-56(40-48)61-17-7-8-18-62(61)64-47-74-67(53-15-5-2-6-16-53)42-63(64)52-21-19-51(20-22-52)50-13-3-1-4-14-50;/h1-8,13-15,17-23,25,27-34,39-42,45-47H,9-12,35-38,43-44H2;/q-3;+3. The summed E-state index contributed by atoms with van der Waals surface area (Å²) in [5.74, 6) is -0.613. The molecule has 0 amide bonds. The van der Waals surface area contributed by atoms with Crippen LogP contribution in [0.3, 0.4) is 0 Å². The van der Waals surface area contributed by atoms with Crippen LogP contribution >= 0.6 is 0 Å². The maximum absolute atomic E-state index is 13.9. The maximum Gasteiger partial charge on any atom is 3.00 e. The van der Waals surface area contributed by atoms with Crippen molar-refractivity contribution in [3.63, 3.8) is 0 Å². The van der Waals surface area contributed by atoms with Crippen LogP contribution in [0.2, 0.25) is 0 Å². The molecule has 3 heterocycles. The summed E-state index contributed by atoms with van der Waals surface area (Å²) in [6.07, 6.45) is 16.8. The molecule has 2 aliphatic carbocycles. The third-order valence-electron chi connectivity index (χ3n) is 15.8. The first-order valence-electron chi connectivity index (χ1n) is 26.0. The smallest absolute Gasteiger partial charge is 0.304 e. The van der Waals surface area contributed by atoms with Crippen molar-refractivity contribution in [2.24, 2.45) is 0 Å². The molecular formula is C69H54F2IrN3. The SMILES string of the molecule is Fc1c[c-]c(-c2ccc(C3(Cc4cc(CC5(c6ccc(-c7[c-]cc(F)cc7)nc6)CCCC5)cc(-c5ccccc5-c5cnc(-c6[c-]cccc6)cc5-c5ccc(-c6ccccc6)cc5)c4)CCCC3)cn2)cc1.[Ir+3]. The number of halogens is 2. The summed E-state index contributed by atoms with van der Waals surface area (Å²) in [4.78, 5) is 15.1. The number of rotatable bonds is 13. The molecule has 2 saturated carbocycles. The van der Waals surface area contributed by atoms with Gasteiger partial charge in [0, 0.05) is 46.6 Å². The van der Waals surface area contributed by atoms with Gasteiger partial charge in [0.25, 0.3) is 0 Å². The monoisotopic (exact) mass is 1160 g/mol. The molecule has 2 aliphatic rings. The first kappa shape index (κ1) is 49.7. The van der Waals surface area contributed by atoms with Crippen LogP contribution in [0.25, 0.3) is 78.3 Å². The third kappa shape index (κ3) is 10.5. The largest absolute Gasteiger partial charge is 3.00 e. The van der Waals surface area contributed by atoms with Crippen molar-refractivity contribution in [1.82, 2.24) is 15.0 Å². The van der Waals surface area contributed by atoms with Crippen LogP contribution in [-0.4, -0.2) is 15.0 Å². The molecule has 2 fully saturated rings. The van der Waals surface area contributed by atoms with Gasteiger partial charge in [0.05, 0.1) is 0 Å². The van der Waals surface area contributed by atoms with E-state index in [0.29, 0.717) is 0 Å². The zero-order valence-electron chi connectivity index (χ0n) is 41.6. The van der Waals surface area contributed by atoms with E-state index < -0.39 is 0 Å². The molecule has 0 aliphatic heterocycles. The number of hydrogen-bond acceptors (Lipinski definition) is 3. The molecule has 0 radical (unpaired) electrons. The Balaban J connectivity index is 0.00000602. The van der Waals surface area contributed by atoms with E-state index >= 15 is 0 Å². The molecule has 75 heavy (non-hydrogen) atoms. The molecule has 3 nitrogen and oxygen atoms in total. The molecule has 0 bridgehead atoms. The van der Waals surface area contributed by atoms with Crippen LogP contribution in [0.15, 0.2) is 207 Å². The summed E-state index contributed by atoms with van der Waals surface area (Å²) in [5.41, 5.74) is 19.0. The Morgan fingerprint density at radius 3 is 1.41 bits per heavy atom. The molecule has 0 unspecified atom stereocenters. The minimum Gasteiger partial charge on any atom is -0.304 e. The summed E-state index contributed by atoms with van der Waals surface area (Å²) in [6, 6.07) is 73.3. The van der Waals surface area contributed by atoms with Crippen molar-refractivity contribution in [2.75, 3.05) is 0 Å². The van der Waals surface area contributed by atoms with Crippen molar-refractivity contribution >= 4 is 0 Å². The Kier molecular flexibility index (Phi) is 14.4. The average molecular weight is 1160 g/mol. The minimum atomic E-state index is -0.306. The van der Waals surface area contributed by atoms with Crippen molar-refractivity contribution in [3.8, 4) is 78.3 Å². The second kappa shape index (κ2) is 21.8. The summed E-state index contributed by atoms with van der Waals surface area (Å²) < 4.78 is 27.7. The fraction of sp³-hybridized carbons (Fsp3) is 0.174. The fourth-order valence-electron chi connectivity index (χ4n) is 12.1. The fourth-order valence-corrected chi connectivity index (χ4v) is 12.1. The Hall–Kier alpha value is -7.50. The quantitative estimate of drug-likeness (QED) is 0.108. The van der Waals surface area contributed by atoms with Crippen molar-refractivity contribution in [3.05, 3.63) is 259 Å². The maximum atomic E-state index is 13.9. The van der Waals surface area contributed by atoms with Crippen LogP contribution < -0.4 is 0 Å². The molecule has 7 aromatic carbocycles. The minimum absolute atomic E-state index is 0. The van der Waals surface area contributed by atoms with Gasteiger partial charge in [-0.05, 0) is 117 Å². The molecule has 10 aromatic rings. The van der Waals surface area contributed by atoms with Gasteiger partial charge in [-0.3, -0.25) is 8.78 Å². The van der Waals surface area contributed by atoms with E-state index in [2.05, 4.69) is 170 Å². The van der Waals surface area contributed by atoms with Crippen LogP contribution in [0.4, 0.5) is 8.78 Å². The predicted molar refractivity (Wildman–Crippen MR) is 295 cm³/mol. The summed E-state index contributed by atoms with van der Waals surface area (Å²) in [6.45, 7) is 0. The van der Waals surface area contributed by atoms with Crippen LogP contribution in [0.5, 0.6) is 0 Å². The van der Waals surface area contributed by atoms with Crippen molar-refractivity contribution < 1.29 is 28.9 Å². The average Bonchev–Trinajstić information content (AvgIpc) is 4.16. The van der Waals surface area contributed by atoms with E-state index in [1.807, 2.05) is 18.2 Å². The van der Waals surface area contributed by atoms with Gasteiger partial charge in [-0.25, -0.2) is 0 Å². The number of benzene rings is 7. The first-order chi connectivity index (χ1) is 36.4. The van der Waals surface area contributed by atoms with E-state index in [4.69, 9.17) is 15.0 Å². The number of hydrogen-bond donors (Lipinski definition) is 0. The second-order valence-electron chi connectivity index (χ2n) is 20.5. The predicted octanol–water partition coefficient (Wildman–Crippen LogP) is 17.3. The van der Waals surface area contributed by atoms with Crippen LogP contribution in [-0.2, 0) is 43.8 Å². The molecule has 12 rings (SSSR count). The summed E-state index contributed by atoms with van der Waals surface area (Å²) in [7, 11) is 0. The normalized spacial score (nSPS) is 14.6. The van der Waals surface area contributed by atoms with Gasteiger partial charge in [-0.15, -0.1) is 95.6 Å². The number of pyridine rings is 3. The van der Waals surface area contributed by atoms with Crippen LogP contribution in [0, 0.1) is 29.8 Å². The topological polar surface area (TPSA) is 38.7 Å². The zero-order chi connectivity index (χ0) is 49.9. The molecule has 3 aromatic heterocycles. The van der Waals surface area contributed by atoms with Gasteiger partial charge in [-0.1, -0.05) is 153 Å². The Labute approximate surface area is 453 Å². The van der Waals surface area contributed by atoms with E-state index in [1.54, 1.807) is 12.1 Å². The molecule has 368 valence electrons.